The Morgan fingerprint density at radius 2 is 1.87 bits per heavy atom. The number of nitrogens with zero attached hydrogens (tertiary/aromatic N) is 1. The van der Waals surface area contributed by atoms with E-state index in [9.17, 15) is 13.2 Å². The molecule has 0 saturated carbocycles. The summed E-state index contributed by atoms with van der Waals surface area (Å²) in [4.78, 5) is 12.7. The Kier molecular flexibility index (Phi) is 8.91. The summed E-state index contributed by atoms with van der Waals surface area (Å²) < 4.78 is 26.1. The Morgan fingerprint density at radius 1 is 1.17 bits per heavy atom. The van der Waals surface area contributed by atoms with Gasteiger partial charge in [-0.1, -0.05) is 41.4 Å². The fourth-order valence-corrected chi connectivity index (χ4v) is 5.59. The highest BCUT2D eigenvalue weighted by atomic mass is 35.5. The van der Waals surface area contributed by atoms with Gasteiger partial charge in [0.15, 0.2) is 0 Å². The second kappa shape index (κ2) is 10.8. The molecule has 0 aromatic heterocycles. The van der Waals surface area contributed by atoms with E-state index < -0.39 is 16.1 Å². The lowest BCUT2D eigenvalue weighted by atomic mass is 10.1. The van der Waals surface area contributed by atoms with Crippen LogP contribution in [0.3, 0.4) is 0 Å². The normalized spacial score (nSPS) is 12.5. The van der Waals surface area contributed by atoms with Crippen LogP contribution in [0.15, 0.2) is 36.4 Å². The second-order valence-corrected chi connectivity index (χ2v) is 10.9. The Morgan fingerprint density at radius 3 is 2.50 bits per heavy atom. The smallest absolute Gasteiger partial charge is 0.243 e. The van der Waals surface area contributed by atoms with Crippen molar-refractivity contribution in [2.75, 3.05) is 22.9 Å². The molecule has 2 rings (SSSR count). The van der Waals surface area contributed by atoms with Crippen LogP contribution in [0.4, 0.5) is 5.69 Å². The molecule has 0 bridgehead atoms. The van der Waals surface area contributed by atoms with Gasteiger partial charge in [-0.2, -0.15) is 11.8 Å². The summed E-state index contributed by atoms with van der Waals surface area (Å²) in [5.41, 5.74) is 3.21. The molecular weight excluding hydrogens is 463 g/mol. The van der Waals surface area contributed by atoms with Gasteiger partial charge in [0.25, 0.3) is 0 Å². The lowest BCUT2D eigenvalue weighted by molar-refractivity contribution is -0.121. The molecule has 164 valence electrons. The van der Waals surface area contributed by atoms with E-state index in [-0.39, 0.29) is 5.91 Å². The maximum atomic E-state index is 12.7. The van der Waals surface area contributed by atoms with Crippen LogP contribution in [-0.2, 0) is 20.6 Å². The first-order chi connectivity index (χ1) is 14.0. The number of benzene rings is 2. The van der Waals surface area contributed by atoms with E-state index in [0.717, 1.165) is 22.9 Å². The molecule has 30 heavy (non-hydrogen) atoms. The topological polar surface area (TPSA) is 66.5 Å². The van der Waals surface area contributed by atoms with E-state index in [1.54, 1.807) is 36.9 Å². The predicted molar refractivity (Wildman–Crippen MR) is 128 cm³/mol. The van der Waals surface area contributed by atoms with Crippen molar-refractivity contribution in [1.29, 1.82) is 0 Å². The minimum Gasteiger partial charge on any atom is -0.353 e. The standard InChI is InChI=1S/C21H26Cl2N2O3S2/c1-14-5-6-15(2)20(11-14)25(30(4,27)28)16(3)21(26)24-9-10-29-13-17-7-8-18(22)12-19(17)23/h5-8,11-12,16H,9-10,13H2,1-4H3,(H,24,26)/t16-/m0/s1. The fourth-order valence-electron chi connectivity index (χ4n) is 2.95. The minimum atomic E-state index is -3.64. The van der Waals surface area contributed by atoms with Gasteiger partial charge in [-0.3, -0.25) is 9.10 Å². The molecule has 0 radical (unpaired) electrons. The van der Waals surface area contributed by atoms with Gasteiger partial charge in [0, 0.05) is 28.1 Å². The largest absolute Gasteiger partial charge is 0.353 e. The van der Waals surface area contributed by atoms with Crippen molar-refractivity contribution in [3.8, 4) is 0 Å². The molecule has 1 N–H and O–H groups in total. The van der Waals surface area contributed by atoms with Crippen LogP contribution < -0.4 is 9.62 Å². The number of halogens is 2. The van der Waals surface area contributed by atoms with Crippen LogP contribution in [0.5, 0.6) is 0 Å². The molecule has 0 aliphatic heterocycles. The number of hydrogen-bond acceptors (Lipinski definition) is 4. The van der Waals surface area contributed by atoms with Crippen LogP contribution in [-0.4, -0.2) is 38.9 Å². The van der Waals surface area contributed by atoms with Gasteiger partial charge < -0.3 is 5.32 Å². The quantitative estimate of drug-likeness (QED) is 0.514. The molecule has 0 saturated heterocycles. The van der Waals surface area contributed by atoms with E-state index >= 15 is 0 Å². The van der Waals surface area contributed by atoms with Crippen LogP contribution in [0.1, 0.15) is 23.6 Å². The van der Waals surface area contributed by atoms with E-state index in [1.807, 2.05) is 32.0 Å². The summed E-state index contributed by atoms with van der Waals surface area (Å²) in [5, 5.41) is 4.04. The molecule has 0 unspecified atom stereocenters. The Hall–Kier alpha value is -1.41. The number of sulfonamides is 1. The van der Waals surface area contributed by atoms with E-state index in [4.69, 9.17) is 23.2 Å². The lowest BCUT2D eigenvalue weighted by Crippen LogP contribution is -2.48. The maximum Gasteiger partial charge on any atom is 0.243 e. The van der Waals surface area contributed by atoms with Gasteiger partial charge in [-0.05, 0) is 55.7 Å². The maximum absolute atomic E-state index is 12.7. The first kappa shape index (κ1) is 24.9. The summed E-state index contributed by atoms with van der Waals surface area (Å²) in [7, 11) is -3.64. The number of anilines is 1. The summed E-state index contributed by atoms with van der Waals surface area (Å²) in [6.07, 6.45) is 1.12. The molecule has 1 atom stereocenters. The van der Waals surface area contributed by atoms with Gasteiger partial charge >= 0.3 is 0 Å². The van der Waals surface area contributed by atoms with Crippen molar-refractivity contribution >= 4 is 56.6 Å². The van der Waals surface area contributed by atoms with Crippen LogP contribution >= 0.6 is 35.0 Å². The molecule has 2 aromatic carbocycles. The zero-order valence-corrected chi connectivity index (χ0v) is 20.6. The number of hydrogen-bond donors (Lipinski definition) is 1. The summed E-state index contributed by atoms with van der Waals surface area (Å²) in [6.45, 7) is 5.73. The number of aryl methyl sites for hydroxylation is 2. The van der Waals surface area contributed by atoms with Crippen molar-refractivity contribution in [1.82, 2.24) is 5.32 Å². The third-order valence-corrected chi connectivity index (χ3v) is 7.33. The summed E-state index contributed by atoms with van der Waals surface area (Å²) in [6, 6.07) is 10.1. The molecule has 0 aliphatic rings. The number of thioether (sulfide) groups is 1. The van der Waals surface area contributed by atoms with Gasteiger partial charge in [0.2, 0.25) is 15.9 Å². The predicted octanol–water partition coefficient (Wildman–Crippen LogP) is 4.81. The van der Waals surface area contributed by atoms with Crippen molar-refractivity contribution in [2.24, 2.45) is 0 Å². The van der Waals surface area contributed by atoms with Crippen molar-refractivity contribution in [2.45, 2.75) is 32.6 Å². The number of rotatable bonds is 9. The number of carbonyl (C=O) groups is 1. The number of amides is 1. The molecule has 9 heteroatoms. The molecular formula is C21H26Cl2N2O3S2. The summed E-state index contributed by atoms with van der Waals surface area (Å²) >= 11 is 13.7. The van der Waals surface area contributed by atoms with Gasteiger partial charge in [-0.15, -0.1) is 0 Å². The van der Waals surface area contributed by atoms with Crippen molar-refractivity contribution < 1.29 is 13.2 Å². The highest BCUT2D eigenvalue weighted by Crippen LogP contribution is 2.27. The lowest BCUT2D eigenvalue weighted by Gasteiger charge is -2.29. The second-order valence-electron chi connectivity index (χ2n) is 7.10. The SMILES string of the molecule is Cc1ccc(C)c(N([C@@H](C)C(=O)NCCSCc2ccc(Cl)cc2Cl)S(C)(=O)=O)c1. The highest BCUT2D eigenvalue weighted by molar-refractivity contribution is 7.98. The minimum absolute atomic E-state index is 0.341. The molecule has 5 nitrogen and oxygen atoms in total. The van der Waals surface area contributed by atoms with Gasteiger partial charge in [0.05, 0.1) is 11.9 Å². The van der Waals surface area contributed by atoms with Crippen molar-refractivity contribution in [3.05, 3.63) is 63.1 Å². The average Bonchev–Trinajstić information content (AvgIpc) is 2.64. The van der Waals surface area contributed by atoms with Gasteiger partial charge in [0.1, 0.15) is 6.04 Å². The highest BCUT2D eigenvalue weighted by Gasteiger charge is 2.30. The third-order valence-electron chi connectivity index (χ3n) is 4.51. The van der Waals surface area contributed by atoms with Crippen molar-refractivity contribution in [3.63, 3.8) is 0 Å². The first-order valence-corrected chi connectivity index (χ1v) is 13.1. The molecule has 0 fully saturated rings. The Bertz CT molecular complexity index is 1010. The first-order valence-electron chi connectivity index (χ1n) is 9.36. The summed E-state index contributed by atoms with van der Waals surface area (Å²) in [5.74, 6) is 1.02. The van der Waals surface area contributed by atoms with E-state index in [1.165, 1.54) is 4.31 Å². The van der Waals surface area contributed by atoms with Gasteiger partial charge in [-0.25, -0.2) is 8.42 Å². The average molecular weight is 489 g/mol. The zero-order chi connectivity index (χ0) is 22.5. The molecule has 1 amide bonds. The monoisotopic (exact) mass is 488 g/mol. The third kappa shape index (κ3) is 6.80. The number of carbonyl (C=O) groups excluding carboxylic acids is 1. The molecule has 0 spiro atoms. The van der Waals surface area contributed by atoms with E-state index in [2.05, 4.69) is 5.32 Å². The number of nitrogens with one attached hydrogen (secondary N) is 1. The zero-order valence-electron chi connectivity index (χ0n) is 17.4. The Labute approximate surface area is 193 Å². The van der Waals surface area contributed by atoms with Crippen LogP contribution in [0, 0.1) is 13.8 Å². The van der Waals surface area contributed by atoms with Crippen LogP contribution in [0.25, 0.3) is 0 Å². The van der Waals surface area contributed by atoms with Crippen LogP contribution in [0.2, 0.25) is 10.0 Å². The molecule has 2 aromatic rings. The fraction of sp³-hybridized carbons (Fsp3) is 0.381. The Balaban J connectivity index is 1.96. The van der Waals surface area contributed by atoms with E-state index in [0.29, 0.717) is 33.8 Å². The molecule has 0 heterocycles. The molecule has 0 aliphatic carbocycles.